The number of benzene rings is 2. The zero-order valence-electron chi connectivity index (χ0n) is 9.95. The maximum atomic E-state index is 10.5. The molecule has 1 atom stereocenters. The van der Waals surface area contributed by atoms with Crippen molar-refractivity contribution in [2.45, 2.75) is 13.0 Å². The lowest BCUT2D eigenvalue weighted by molar-refractivity contribution is -0.384. The summed E-state index contributed by atoms with van der Waals surface area (Å²) < 4.78 is 5.71. The molecule has 0 radical (unpaired) electrons. The average molecular weight is 243 g/mol. The van der Waals surface area contributed by atoms with Gasteiger partial charge in [-0.1, -0.05) is 30.3 Å². The Bertz CT molecular complexity index is 522. The standard InChI is InChI=1S/C14H13NO3/c1-11(12-5-3-2-4-6-12)18-14-9-7-13(8-10-14)15(16)17/h2-11H,1H3/t11-/m1/s1. The van der Waals surface area contributed by atoms with Crippen molar-refractivity contribution in [1.82, 2.24) is 0 Å². The van der Waals surface area contributed by atoms with Gasteiger partial charge in [-0.15, -0.1) is 0 Å². The molecule has 0 amide bonds. The lowest BCUT2D eigenvalue weighted by atomic mass is 10.1. The van der Waals surface area contributed by atoms with E-state index in [9.17, 15) is 10.1 Å². The van der Waals surface area contributed by atoms with E-state index >= 15 is 0 Å². The van der Waals surface area contributed by atoms with Crippen LogP contribution in [0.15, 0.2) is 54.6 Å². The number of nitrogens with zero attached hydrogens (tertiary/aromatic N) is 1. The first kappa shape index (κ1) is 12.1. The monoisotopic (exact) mass is 243 g/mol. The smallest absolute Gasteiger partial charge is 0.269 e. The van der Waals surface area contributed by atoms with Crippen molar-refractivity contribution < 1.29 is 9.66 Å². The second kappa shape index (κ2) is 5.31. The van der Waals surface area contributed by atoms with E-state index in [4.69, 9.17) is 4.74 Å². The van der Waals surface area contributed by atoms with Crippen LogP contribution in [0.3, 0.4) is 0 Å². The Morgan fingerprint density at radius 3 is 2.22 bits per heavy atom. The summed E-state index contributed by atoms with van der Waals surface area (Å²) in [5.74, 6) is 0.622. The van der Waals surface area contributed by atoms with Crippen LogP contribution in [0.5, 0.6) is 5.75 Å². The molecular weight excluding hydrogens is 230 g/mol. The van der Waals surface area contributed by atoms with Gasteiger partial charge in [0.05, 0.1) is 4.92 Å². The Kier molecular flexibility index (Phi) is 3.57. The minimum absolute atomic E-state index is 0.0646. The van der Waals surface area contributed by atoms with Gasteiger partial charge in [-0.05, 0) is 24.6 Å². The topological polar surface area (TPSA) is 52.4 Å². The molecule has 0 aliphatic carbocycles. The Hall–Kier alpha value is -2.36. The number of hydrogen-bond donors (Lipinski definition) is 0. The van der Waals surface area contributed by atoms with Crippen LogP contribution in [0.4, 0.5) is 5.69 Å². The van der Waals surface area contributed by atoms with E-state index < -0.39 is 4.92 Å². The molecule has 2 aromatic rings. The average Bonchev–Trinajstić information content (AvgIpc) is 2.40. The molecule has 0 aliphatic heterocycles. The van der Waals surface area contributed by atoms with Crippen molar-refractivity contribution in [3.05, 3.63) is 70.3 Å². The summed E-state index contributed by atoms with van der Waals surface area (Å²) in [5.41, 5.74) is 1.13. The number of non-ortho nitro benzene ring substituents is 1. The van der Waals surface area contributed by atoms with Crippen LogP contribution in [0, 0.1) is 10.1 Å². The molecule has 0 saturated carbocycles. The largest absolute Gasteiger partial charge is 0.486 e. The predicted molar refractivity (Wildman–Crippen MR) is 68.6 cm³/mol. The van der Waals surface area contributed by atoms with Gasteiger partial charge in [0.15, 0.2) is 0 Å². The van der Waals surface area contributed by atoms with Crippen molar-refractivity contribution in [2.24, 2.45) is 0 Å². The maximum absolute atomic E-state index is 10.5. The third-order valence-corrected chi connectivity index (χ3v) is 2.63. The molecule has 0 fully saturated rings. The fraction of sp³-hybridized carbons (Fsp3) is 0.143. The summed E-state index contributed by atoms with van der Waals surface area (Å²) in [7, 11) is 0. The first-order valence-electron chi connectivity index (χ1n) is 5.63. The van der Waals surface area contributed by atoms with Crippen molar-refractivity contribution in [2.75, 3.05) is 0 Å². The summed E-state index contributed by atoms with van der Waals surface area (Å²) in [4.78, 5) is 10.1. The zero-order chi connectivity index (χ0) is 13.0. The Morgan fingerprint density at radius 2 is 1.67 bits per heavy atom. The molecule has 0 heterocycles. The molecule has 0 aromatic heterocycles. The van der Waals surface area contributed by atoms with Gasteiger partial charge < -0.3 is 4.74 Å². The second-order valence-electron chi connectivity index (χ2n) is 3.92. The van der Waals surface area contributed by atoms with Crippen LogP contribution in [-0.4, -0.2) is 4.92 Å². The highest BCUT2D eigenvalue weighted by Crippen LogP contribution is 2.23. The van der Waals surface area contributed by atoms with E-state index in [-0.39, 0.29) is 11.8 Å². The van der Waals surface area contributed by atoms with Crippen LogP contribution < -0.4 is 4.74 Å². The molecule has 4 nitrogen and oxygen atoms in total. The molecule has 18 heavy (non-hydrogen) atoms. The van der Waals surface area contributed by atoms with E-state index in [1.165, 1.54) is 12.1 Å². The van der Waals surface area contributed by atoms with Crippen LogP contribution >= 0.6 is 0 Å². The van der Waals surface area contributed by atoms with Crippen LogP contribution in [-0.2, 0) is 0 Å². The van der Waals surface area contributed by atoms with Crippen molar-refractivity contribution in [1.29, 1.82) is 0 Å². The molecule has 0 N–H and O–H groups in total. The molecule has 2 rings (SSSR count). The highest BCUT2D eigenvalue weighted by molar-refractivity contribution is 5.36. The number of rotatable bonds is 4. The molecule has 0 unspecified atom stereocenters. The van der Waals surface area contributed by atoms with E-state index in [0.717, 1.165) is 5.56 Å². The van der Waals surface area contributed by atoms with Gasteiger partial charge in [-0.25, -0.2) is 0 Å². The summed E-state index contributed by atoms with van der Waals surface area (Å²) >= 11 is 0. The van der Waals surface area contributed by atoms with Gasteiger partial charge in [-0.3, -0.25) is 10.1 Å². The third kappa shape index (κ3) is 2.85. The SMILES string of the molecule is C[C@@H](Oc1ccc([N+](=O)[O-])cc1)c1ccccc1. The van der Waals surface area contributed by atoms with Gasteiger partial charge in [-0.2, -0.15) is 0 Å². The summed E-state index contributed by atoms with van der Waals surface area (Å²) in [5, 5.41) is 10.5. The van der Waals surface area contributed by atoms with E-state index in [0.29, 0.717) is 5.75 Å². The lowest BCUT2D eigenvalue weighted by Gasteiger charge is -2.14. The number of nitro groups is 1. The van der Waals surface area contributed by atoms with Gasteiger partial charge in [0.2, 0.25) is 0 Å². The maximum Gasteiger partial charge on any atom is 0.269 e. The predicted octanol–water partition coefficient (Wildman–Crippen LogP) is 3.73. The molecule has 0 spiro atoms. The minimum atomic E-state index is -0.426. The van der Waals surface area contributed by atoms with Crippen molar-refractivity contribution in [3.63, 3.8) is 0 Å². The highest BCUT2D eigenvalue weighted by atomic mass is 16.6. The fourth-order valence-corrected chi connectivity index (χ4v) is 1.64. The second-order valence-corrected chi connectivity index (χ2v) is 3.92. The Balaban J connectivity index is 2.08. The lowest BCUT2D eigenvalue weighted by Crippen LogP contribution is -2.02. The van der Waals surface area contributed by atoms with Crippen molar-refractivity contribution in [3.8, 4) is 5.75 Å². The first-order valence-corrected chi connectivity index (χ1v) is 5.63. The molecular formula is C14H13NO3. The normalized spacial score (nSPS) is 11.8. The third-order valence-electron chi connectivity index (χ3n) is 2.63. The van der Waals surface area contributed by atoms with Crippen molar-refractivity contribution >= 4 is 5.69 Å². The Morgan fingerprint density at radius 1 is 1.06 bits per heavy atom. The summed E-state index contributed by atoms with van der Waals surface area (Å²) in [6, 6.07) is 15.9. The minimum Gasteiger partial charge on any atom is -0.486 e. The number of ether oxygens (including phenoxy) is 1. The van der Waals surface area contributed by atoms with Gasteiger partial charge in [0, 0.05) is 12.1 Å². The van der Waals surface area contributed by atoms with Crippen LogP contribution in [0.2, 0.25) is 0 Å². The van der Waals surface area contributed by atoms with Crippen LogP contribution in [0.1, 0.15) is 18.6 Å². The quantitative estimate of drug-likeness (QED) is 0.607. The molecule has 0 saturated heterocycles. The van der Waals surface area contributed by atoms with Gasteiger partial charge in [0.25, 0.3) is 5.69 Å². The van der Waals surface area contributed by atoms with Gasteiger partial charge in [0.1, 0.15) is 11.9 Å². The molecule has 2 aromatic carbocycles. The Labute approximate surface area is 105 Å². The fourth-order valence-electron chi connectivity index (χ4n) is 1.64. The van der Waals surface area contributed by atoms with E-state index in [1.54, 1.807) is 12.1 Å². The number of hydrogen-bond acceptors (Lipinski definition) is 3. The molecule has 92 valence electrons. The summed E-state index contributed by atoms with van der Waals surface area (Å²) in [6.45, 7) is 1.94. The summed E-state index contributed by atoms with van der Waals surface area (Å²) in [6.07, 6.45) is -0.0901. The highest BCUT2D eigenvalue weighted by Gasteiger charge is 2.08. The van der Waals surface area contributed by atoms with E-state index in [2.05, 4.69) is 0 Å². The molecule has 0 bridgehead atoms. The zero-order valence-corrected chi connectivity index (χ0v) is 9.95. The van der Waals surface area contributed by atoms with Crippen LogP contribution in [0.25, 0.3) is 0 Å². The molecule has 0 aliphatic rings. The van der Waals surface area contributed by atoms with Gasteiger partial charge >= 0.3 is 0 Å². The first-order chi connectivity index (χ1) is 8.66. The molecule has 4 heteroatoms. The number of nitro benzene ring substituents is 1. The van der Waals surface area contributed by atoms with E-state index in [1.807, 2.05) is 37.3 Å².